The Bertz CT molecular complexity index is 469. The van der Waals surface area contributed by atoms with Crippen LogP contribution in [0.2, 0.25) is 0 Å². The fourth-order valence-electron chi connectivity index (χ4n) is 1.41. The Balaban J connectivity index is 2.93. The molecule has 1 aromatic carbocycles. The largest absolute Gasteiger partial charge is 0.478 e. The van der Waals surface area contributed by atoms with Crippen LogP contribution >= 0.6 is 0 Å². The van der Waals surface area contributed by atoms with Crippen LogP contribution in [0.1, 0.15) is 29.8 Å². The van der Waals surface area contributed by atoms with E-state index in [-0.39, 0.29) is 17.4 Å². The van der Waals surface area contributed by atoms with Crippen molar-refractivity contribution in [1.82, 2.24) is 0 Å². The van der Waals surface area contributed by atoms with Crippen LogP contribution in [0.15, 0.2) is 18.2 Å². The van der Waals surface area contributed by atoms with Crippen LogP contribution in [0.25, 0.3) is 0 Å². The van der Waals surface area contributed by atoms with E-state index >= 15 is 0 Å². The molecule has 0 saturated carbocycles. The van der Waals surface area contributed by atoms with Gasteiger partial charge < -0.3 is 16.2 Å². The monoisotopic (exact) mass is 250 g/mol. The summed E-state index contributed by atoms with van der Waals surface area (Å²) in [6, 6.07) is 3.97. The fraction of sp³-hybridized carbons (Fsp3) is 0.385. The summed E-state index contributed by atoms with van der Waals surface area (Å²) in [4.78, 5) is 22.7. The Morgan fingerprint density at radius 1 is 1.33 bits per heavy atom. The smallest absolute Gasteiger partial charge is 0.335 e. The first-order valence-electron chi connectivity index (χ1n) is 5.73. The third-order valence-corrected chi connectivity index (χ3v) is 2.76. The maximum atomic E-state index is 11.8. The molecular weight excluding hydrogens is 232 g/mol. The molecule has 0 aromatic heterocycles. The van der Waals surface area contributed by atoms with Gasteiger partial charge in [-0.15, -0.1) is 0 Å². The van der Waals surface area contributed by atoms with Gasteiger partial charge in [0.1, 0.15) is 0 Å². The third kappa shape index (κ3) is 3.30. The van der Waals surface area contributed by atoms with Crippen molar-refractivity contribution in [2.75, 3.05) is 5.32 Å². The van der Waals surface area contributed by atoms with E-state index in [1.807, 2.05) is 13.8 Å². The predicted molar refractivity (Wildman–Crippen MR) is 69.6 cm³/mol. The van der Waals surface area contributed by atoms with Gasteiger partial charge in [-0.05, 0) is 30.5 Å². The summed E-state index contributed by atoms with van der Waals surface area (Å²) in [6.45, 7) is 5.50. The van der Waals surface area contributed by atoms with Crippen molar-refractivity contribution in [2.24, 2.45) is 11.7 Å². The van der Waals surface area contributed by atoms with Crippen LogP contribution in [0, 0.1) is 12.8 Å². The number of anilines is 1. The van der Waals surface area contributed by atoms with Crippen molar-refractivity contribution in [3.8, 4) is 0 Å². The van der Waals surface area contributed by atoms with E-state index < -0.39 is 12.0 Å². The molecular formula is C13H18N2O3. The molecule has 0 radical (unpaired) electrons. The molecule has 5 heteroatoms. The first kappa shape index (κ1) is 14.2. The van der Waals surface area contributed by atoms with E-state index in [0.717, 1.165) is 5.56 Å². The lowest BCUT2D eigenvalue weighted by molar-refractivity contribution is -0.118. The minimum absolute atomic E-state index is 0.0213. The number of carboxylic acids is 1. The number of carbonyl (C=O) groups excluding carboxylic acids is 1. The van der Waals surface area contributed by atoms with E-state index in [9.17, 15) is 9.59 Å². The van der Waals surface area contributed by atoms with Gasteiger partial charge >= 0.3 is 5.97 Å². The van der Waals surface area contributed by atoms with E-state index in [1.54, 1.807) is 13.0 Å². The summed E-state index contributed by atoms with van der Waals surface area (Å²) in [5.74, 6) is -1.32. The SMILES string of the molecule is Cc1ccc(C(=O)O)cc1NC(=O)[C@H](N)C(C)C. The van der Waals surface area contributed by atoms with Crippen molar-refractivity contribution in [2.45, 2.75) is 26.8 Å². The molecule has 0 saturated heterocycles. The van der Waals surface area contributed by atoms with Crippen LogP contribution in [-0.2, 0) is 4.79 Å². The van der Waals surface area contributed by atoms with Crippen LogP contribution in [-0.4, -0.2) is 23.0 Å². The van der Waals surface area contributed by atoms with Gasteiger partial charge in [-0.3, -0.25) is 4.79 Å². The van der Waals surface area contributed by atoms with Crippen LogP contribution in [0.4, 0.5) is 5.69 Å². The molecule has 0 aliphatic carbocycles. The first-order chi connectivity index (χ1) is 8.32. The Morgan fingerprint density at radius 3 is 2.44 bits per heavy atom. The van der Waals surface area contributed by atoms with Crippen molar-refractivity contribution in [3.63, 3.8) is 0 Å². The minimum Gasteiger partial charge on any atom is -0.478 e. The first-order valence-corrected chi connectivity index (χ1v) is 5.73. The van der Waals surface area contributed by atoms with Gasteiger partial charge in [0.05, 0.1) is 11.6 Å². The lowest BCUT2D eigenvalue weighted by Crippen LogP contribution is -2.39. The van der Waals surface area contributed by atoms with Crippen molar-refractivity contribution >= 4 is 17.6 Å². The number of benzene rings is 1. The average molecular weight is 250 g/mol. The number of aromatic carboxylic acids is 1. The maximum Gasteiger partial charge on any atom is 0.335 e. The fourth-order valence-corrected chi connectivity index (χ4v) is 1.41. The van der Waals surface area contributed by atoms with Crippen molar-refractivity contribution < 1.29 is 14.7 Å². The molecule has 0 bridgehead atoms. The Labute approximate surface area is 106 Å². The van der Waals surface area contributed by atoms with E-state index in [4.69, 9.17) is 10.8 Å². The highest BCUT2D eigenvalue weighted by molar-refractivity contribution is 5.97. The highest BCUT2D eigenvalue weighted by Gasteiger charge is 2.18. The number of hydrogen-bond acceptors (Lipinski definition) is 3. The lowest BCUT2D eigenvalue weighted by Gasteiger charge is -2.16. The number of amides is 1. The zero-order valence-corrected chi connectivity index (χ0v) is 10.7. The highest BCUT2D eigenvalue weighted by atomic mass is 16.4. The van der Waals surface area contributed by atoms with E-state index in [1.165, 1.54) is 12.1 Å². The van der Waals surface area contributed by atoms with Gasteiger partial charge in [0.2, 0.25) is 5.91 Å². The van der Waals surface area contributed by atoms with Gasteiger partial charge in [-0.25, -0.2) is 4.79 Å². The molecule has 1 aromatic rings. The molecule has 0 heterocycles. The van der Waals surface area contributed by atoms with Gasteiger partial charge in [-0.1, -0.05) is 19.9 Å². The quantitative estimate of drug-likeness (QED) is 0.757. The number of nitrogens with two attached hydrogens (primary N) is 1. The van der Waals surface area contributed by atoms with Crippen LogP contribution in [0.5, 0.6) is 0 Å². The summed E-state index contributed by atoms with van der Waals surface area (Å²) in [5, 5.41) is 11.6. The average Bonchev–Trinajstić information content (AvgIpc) is 2.30. The molecule has 18 heavy (non-hydrogen) atoms. The van der Waals surface area contributed by atoms with Gasteiger partial charge in [-0.2, -0.15) is 0 Å². The molecule has 5 nitrogen and oxygen atoms in total. The van der Waals surface area contributed by atoms with Crippen molar-refractivity contribution in [1.29, 1.82) is 0 Å². The predicted octanol–water partition coefficient (Wildman–Crippen LogP) is 1.62. The topological polar surface area (TPSA) is 92.4 Å². The molecule has 1 amide bonds. The molecule has 0 aliphatic heterocycles. The normalized spacial score (nSPS) is 12.3. The summed E-state index contributed by atoms with van der Waals surface area (Å²) in [7, 11) is 0. The molecule has 0 aliphatic rings. The third-order valence-electron chi connectivity index (χ3n) is 2.76. The maximum absolute atomic E-state index is 11.8. The Kier molecular flexibility index (Phi) is 4.44. The molecule has 1 rings (SSSR count). The number of carboxylic acid groups (broad SMARTS) is 1. The van der Waals surface area contributed by atoms with Crippen LogP contribution in [0.3, 0.4) is 0 Å². The molecule has 0 unspecified atom stereocenters. The van der Waals surface area contributed by atoms with Gasteiger partial charge in [0, 0.05) is 5.69 Å². The molecule has 0 spiro atoms. The van der Waals surface area contributed by atoms with E-state index in [2.05, 4.69) is 5.32 Å². The van der Waals surface area contributed by atoms with Gasteiger partial charge in [0.15, 0.2) is 0 Å². The van der Waals surface area contributed by atoms with Crippen molar-refractivity contribution in [3.05, 3.63) is 29.3 Å². The molecule has 4 N–H and O–H groups in total. The molecule has 98 valence electrons. The Hall–Kier alpha value is -1.88. The summed E-state index contributed by atoms with van der Waals surface area (Å²) in [5.41, 5.74) is 7.14. The molecule has 1 atom stereocenters. The highest BCUT2D eigenvalue weighted by Crippen LogP contribution is 2.17. The zero-order valence-electron chi connectivity index (χ0n) is 10.7. The summed E-state index contributed by atoms with van der Waals surface area (Å²) in [6.07, 6.45) is 0. The standard InChI is InChI=1S/C13H18N2O3/c1-7(2)11(14)12(16)15-10-6-9(13(17)18)5-4-8(10)3/h4-7,11H,14H2,1-3H3,(H,15,16)(H,17,18)/t11-/m1/s1. The Morgan fingerprint density at radius 2 is 1.94 bits per heavy atom. The lowest BCUT2D eigenvalue weighted by atomic mass is 10.0. The van der Waals surface area contributed by atoms with Crippen LogP contribution < -0.4 is 11.1 Å². The number of aryl methyl sites for hydroxylation is 1. The number of nitrogens with one attached hydrogen (secondary N) is 1. The number of carbonyl (C=O) groups is 2. The minimum atomic E-state index is -1.03. The van der Waals surface area contributed by atoms with E-state index in [0.29, 0.717) is 5.69 Å². The second-order valence-electron chi connectivity index (χ2n) is 4.59. The number of hydrogen-bond donors (Lipinski definition) is 3. The summed E-state index contributed by atoms with van der Waals surface area (Å²) >= 11 is 0. The second-order valence-corrected chi connectivity index (χ2v) is 4.59. The molecule has 0 fully saturated rings. The number of rotatable bonds is 4. The zero-order chi connectivity index (χ0) is 13.9. The summed E-state index contributed by atoms with van der Waals surface area (Å²) < 4.78 is 0. The van der Waals surface area contributed by atoms with Gasteiger partial charge in [0.25, 0.3) is 0 Å². The second kappa shape index (κ2) is 5.64.